The summed E-state index contributed by atoms with van der Waals surface area (Å²) in [5.74, 6) is -4.36. The molecule has 0 bridgehead atoms. The van der Waals surface area contributed by atoms with Crippen LogP contribution in [0.2, 0.25) is 0 Å². The molecule has 1 heterocycles. The van der Waals surface area contributed by atoms with Gasteiger partial charge in [0.1, 0.15) is 5.82 Å². The summed E-state index contributed by atoms with van der Waals surface area (Å²) in [6, 6.07) is 3.90. The highest BCUT2D eigenvalue weighted by Crippen LogP contribution is 2.28. The van der Waals surface area contributed by atoms with Gasteiger partial charge in [0, 0.05) is 30.9 Å². The van der Waals surface area contributed by atoms with E-state index in [4.69, 9.17) is 0 Å². The topological polar surface area (TPSA) is 80.1 Å². The number of anilines is 3. The summed E-state index contributed by atoms with van der Waals surface area (Å²) in [6.45, 7) is 0. The monoisotopic (exact) mass is 298 g/mol. The lowest BCUT2D eigenvalue weighted by molar-refractivity contribution is -0.384. The van der Waals surface area contributed by atoms with Crippen molar-refractivity contribution in [3.05, 3.63) is 51.8 Å². The Morgan fingerprint density at radius 1 is 1.19 bits per heavy atom. The first-order valence-electron chi connectivity index (χ1n) is 5.67. The Morgan fingerprint density at radius 2 is 1.81 bits per heavy atom. The van der Waals surface area contributed by atoms with Crippen LogP contribution in [0.15, 0.2) is 24.3 Å². The van der Waals surface area contributed by atoms with Crippen molar-refractivity contribution in [2.24, 2.45) is 0 Å². The number of nitrogens with one attached hydrogen (secondary N) is 2. The fourth-order valence-corrected chi connectivity index (χ4v) is 1.59. The van der Waals surface area contributed by atoms with Gasteiger partial charge in [0.05, 0.1) is 4.92 Å². The maximum atomic E-state index is 13.1. The van der Waals surface area contributed by atoms with E-state index in [9.17, 15) is 23.3 Å². The first-order chi connectivity index (χ1) is 9.92. The van der Waals surface area contributed by atoms with E-state index in [0.29, 0.717) is 18.0 Å². The van der Waals surface area contributed by atoms with E-state index in [2.05, 4.69) is 15.6 Å². The van der Waals surface area contributed by atoms with Crippen molar-refractivity contribution in [1.82, 2.24) is 4.98 Å². The Morgan fingerprint density at radius 3 is 2.33 bits per heavy atom. The third kappa shape index (κ3) is 3.02. The van der Waals surface area contributed by atoms with Gasteiger partial charge in [-0.1, -0.05) is 0 Å². The fraction of sp³-hybridized carbons (Fsp3) is 0.0833. The predicted molar refractivity (Wildman–Crippen MR) is 70.0 cm³/mol. The van der Waals surface area contributed by atoms with Gasteiger partial charge < -0.3 is 10.6 Å². The van der Waals surface area contributed by atoms with E-state index in [0.717, 1.165) is 0 Å². The molecule has 0 atom stereocenters. The van der Waals surface area contributed by atoms with Crippen molar-refractivity contribution in [3.63, 3.8) is 0 Å². The second kappa shape index (κ2) is 5.65. The molecule has 0 spiro atoms. The lowest BCUT2D eigenvalue weighted by atomic mass is 10.2. The number of aromatic nitrogens is 1. The zero-order valence-corrected chi connectivity index (χ0v) is 10.7. The van der Waals surface area contributed by atoms with Crippen LogP contribution in [0.5, 0.6) is 0 Å². The predicted octanol–water partition coefficient (Wildman–Crippen LogP) is 3.19. The Bertz CT molecular complexity index is 686. The molecule has 0 aliphatic heterocycles. The largest absolute Gasteiger partial charge is 0.373 e. The number of halogens is 3. The first-order valence-corrected chi connectivity index (χ1v) is 5.67. The van der Waals surface area contributed by atoms with E-state index < -0.39 is 22.4 Å². The smallest absolute Gasteiger partial charge is 0.311 e. The number of nitrogens with zero attached hydrogens (tertiary/aromatic N) is 2. The van der Waals surface area contributed by atoms with Crippen LogP contribution in [0.1, 0.15) is 0 Å². The summed E-state index contributed by atoms with van der Waals surface area (Å²) in [7, 11) is 1.55. The van der Waals surface area contributed by atoms with Crippen LogP contribution in [-0.2, 0) is 0 Å². The van der Waals surface area contributed by atoms with Crippen LogP contribution in [-0.4, -0.2) is 17.0 Å². The van der Waals surface area contributed by atoms with Crippen molar-refractivity contribution in [3.8, 4) is 0 Å². The molecule has 0 radical (unpaired) electrons. The quantitative estimate of drug-likeness (QED) is 0.515. The molecule has 0 aliphatic carbocycles. The summed E-state index contributed by atoms with van der Waals surface area (Å²) in [4.78, 5) is 14.1. The van der Waals surface area contributed by atoms with E-state index in [1.807, 2.05) is 0 Å². The minimum Gasteiger partial charge on any atom is -0.373 e. The third-order valence-corrected chi connectivity index (χ3v) is 2.57. The Hall–Kier alpha value is -2.84. The molecule has 0 fully saturated rings. The van der Waals surface area contributed by atoms with Crippen LogP contribution >= 0.6 is 0 Å². The molecule has 0 amide bonds. The molecule has 0 unspecified atom stereocenters. The zero-order valence-electron chi connectivity index (χ0n) is 10.7. The summed E-state index contributed by atoms with van der Waals surface area (Å²) in [5.41, 5.74) is -0.589. The maximum absolute atomic E-state index is 13.1. The zero-order chi connectivity index (χ0) is 15.6. The van der Waals surface area contributed by atoms with Crippen molar-refractivity contribution in [2.45, 2.75) is 0 Å². The molecule has 6 nitrogen and oxygen atoms in total. The average molecular weight is 298 g/mol. The Kier molecular flexibility index (Phi) is 3.92. The molecule has 110 valence electrons. The van der Waals surface area contributed by atoms with Crippen LogP contribution in [0, 0.1) is 27.6 Å². The third-order valence-electron chi connectivity index (χ3n) is 2.57. The summed E-state index contributed by atoms with van der Waals surface area (Å²) < 4.78 is 39.1. The van der Waals surface area contributed by atoms with Gasteiger partial charge in [-0.2, -0.15) is 0 Å². The number of hydrogen-bond donors (Lipinski definition) is 2. The molecule has 9 heteroatoms. The highest BCUT2D eigenvalue weighted by atomic mass is 19.2. The van der Waals surface area contributed by atoms with Gasteiger partial charge in [0.15, 0.2) is 17.5 Å². The average Bonchev–Trinajstić information content (AvgIpc) is 2.44. The maximum Gasteiger partial charge on any atom is 0.311 e. The normalized spacial score (nSPS) is 10.3. The number of benzene rings is 1. The number of rotatable bonds is 4. The van der Waals surface area contributed by atoms with Gasteiger partial charge in [-0.15, -0.1) is 0 Å². The molecule has 2 N–H and O–H groups in total. The van der Waals surface area contributed by atoms with E-state index in [1.54, 1.807) is 7.05 Å². The van der Waals surface area contributed by atoms with Crippen molar-refractivity contribution >= 4 is 23.0 Å². The van der Waals surface area contributed by atoms with Gasteiger partial charge in [-0.05, 0) is 6.07 Å². The van der Waals surface area contributed by atoms with Gasteiger partial charge >= 0.3 is 5.69 Å². The van der Waals surface area contributed by atoms with Crippen LogP contribution in [0.3, 0.4) is 0 Å². The van der Waals surface area contributed by atoms with E-state index in [-0.39, 0.29) is 17.2 Å². The van der Waals surface area contributed by atoms with Crippen LogP contribution in [0.4, 0.5) is 36.2 Å². The van der Waals surface area contributed by atoms with E-state index in [1.165, 1.54) is 12.1 Å². The fourth-order valence-electron chi connectivity index (χ4n) is 1.59. The molecule has 0 saturated carbocycles. The van der Waals surface area contributed by atoms with Crippen LogP contribution in [0.25, 0.3) is 0 Å². The summed E-state index contributed by atoms with van der Waals surface area (Å²) in [6.07, 6.45) is 0. The minimum absolute atomic E-state index is 0.199. The van der Waals surface area contributed by atoms with Crippen molar-refractivity contribution in [1.29, 1.82) is 0 Å². The molecular formula is C12H9F3N4O2. The summed E-state index contributed by atoms with van der Waals surface area (Å²) in [5, 5.41) is 16.0. The molecule has 2 rings (SSSR count). The SMILES string of the molecule is CNc1ccc([N+](=O)[O-])c(Nc2cc(F)c(F)c(F)c2)n1. The first kappa shape index (κ1) is 14.6. The second-order valence-electron chi connectivity index (χ2n) is 3.95. The Labute approximate surface area is 116 Å². The lowest BCUT2D eigenvalue weighted by Gasteiger charge is -2.08. The van der Waals surface area contributed by atoms with Gasteiger partial charge in [-0.25, -0.2) is 18.2 Å². The lowest BCUT2D eigenvalue weighted by Crippen LogP contribution is -2.03. The highest BCUT2D eigenvalue weighted by Gasteiger charge is 2.18. The molecular weight excluding hydrogens is 289 g/mol. The minimum atomic E-state index is -1.62. The molecule has 0 saturated heterocycles. The number of nitro groups is 1. The molecule has 21 heavy (non-hydrogen) atoms. The van der Waals surface area contributed by atoms with Crippen LogP contribution < -0.4 is 10.6 Å². The second-order valence-corrected chi connectivity index (χ2v) is 3.95. The van der Waals surface area contributed by atoms with Gasteiger partial charge in [-0.3, -0.25) is 10.1 Å². The molecule has 1 aromatic heterocycles. The van der Waals surface area contributed by atoms with Gasteiger partial charge in [0.2, 0.25) is 5.82 Å². The van der Waals surface area contributed by atoms with Crippen molar-refractivity contribution in [2.75, 3.05) is 17.7 Å². The molecule has 1 aromatic carbocycles. The number of pyridine rings is 1. The number of hydrogen-bond acceptors (Lipinski definition) is 5. The van der Waals surface area contributed by atoms with Gasteiger partial charge in [0.25, 0.3) is 0 Å². The van der Waals surface area contributed by atoms with E-state index >= 15 is 0 Å². The Balaban J connectivity index is 2.45. The molecule has 0 aliphatic rings. The standard InChI is InChI=1S/C12H9F3N4O2/c1-16-10-3-2-9(19(20)21)12(18-10)17-6-4-7(13)11(15)8(14)5-6/h2-5H,1H3,(H2,16,17,18). The highest BCUT2D eigenvalue weighted by molar-refractivity contribution is 5.67. The van der Waals surface area contributed by atoms with Crippen molar-refractivity contribution < 1.29 is 18.1 Å². The molecule has 2 aromatic rings. The summed E-state index contributed by atoms with van der Waals surface area (Å²) >= 11 is 0.